The zero-order valence-corrected chi connectivity index (χ0v) is 18.2. The highest BCUT2D eigenvalue weighted by Crippen LogP contribution is 2.29. The number of hydrogen-bond acceptors (Lipinski definition) is 3. The Morgan fingerprint density at radius 3 is 2.26 bits per heavy atom. The minimum atomic E-state index is -0.489. The molecule has 0 bridgehead atoms. The van der Waals surface area contributed by atoms with Gasteiger partial charge in [-0.2, -0.15) is 0 Å². The van der Waals surface area contributed by atoms with Crippen molar-refractivity contribution in [2.45, 2.75) is 20.8 Å². The highest BCUT2D eigenvalue weighted by Gasteiger charge is 2.25. The number of anilines is 1. The molecule has 0 atom stereocenters. The Morgan fingerprint density at radius 1 is 0.968 bits per heavy atom. The van der Waals surface area contributed by atoms with Gasteiger partial charge in [0.2, 0.25) is 0 Å². The molecule has 2 aromatic heterocycles. The Balaban J connectivity index is 1.96. The molecule has 0 fully saturated rings. The second-order valence-electron chi connectivity index (χ2n) is 7.38. The molecule has 0 aliphatic rings. The second-order valence-corrected chi connectivity index (χ2v) is 7.82. The quantitative estimate of drug-likeness (QED) is 0.434. The summed E-state index contributed by atoms with van der Waals surface area (Å²) in [5.41, 5.74) is 3.97. The molecule has 2 heterocycles. The molecule has 0 aliphatic carbocycles. The van der Waals surface area contributed by atoms with Gasteiger partial charge in [-0.05, 0) is 68.3 Å². The molecule has 156 valence electrons. The van der Waals surface area contributed by atoms with E-state index in [1.54, 1.807) is 24.3 Å². The molecular formula is C25H21ClN2O3. The first-order valence-corrected chi connectivity index (χ1v) is 10.2. The van der Waals surface area contributed by atoms with E-state index in [4.69, 9.17) is 16.0 Å². The van der Waals surface area contributed by atoms with Gasteiger partial charge in [0.25, 0.3) is 5.91 Å². The lowest BCUT2D eigenvalue weighted by atomic mass is 10.1. The monoisotopic (exact) mass is 432 g/mol. The van der Waals surface area contributed by atoms with Crippen LogP contribution < -0.4 is 10.7 Å². The lowest BCUT2D eigenvalue weighted by Crippen LogP contribution is -2.26. The summed E-state index contributed by atoms with van der Waals surface area (Å²) in [4.78, 5) is 26.5. The second kappa shape index (κ2) is 8.28. The van der Waals surface area contributed by atoms with Crippen LogP contribution >= 0.6 is 11.6 Å². The number of aromatic nitrogens is 1. The van der Waals surface area contributed by atoms with Crippen LogP contribution in [-0.2, 0) is 0 Å². The zero-order chi connectivity index (χ0) is 22.1. The average Bonchev–Trinajstić information content (AvgIpc) is 3.26. The van der Waals surface area contributed by atoms with Gasteiger partial charge in [0, 0.05) is 28.2 Å². The van der Waals surface area contributed by atoms with Crippen molar-refractivity contribution in [1.29, 1.82) is 0 Å². The van der Waals surface area contributed by atoms with E-state index in [9.17, 15) is 9.59 Å². The fourth-order valence-corrected chi connectivity index (χ4v) is 3.83. The number of nitrogens with one attached hydrogen (secondary N) is 1. The summed E-state index contributed by atoms with van der Waals surface area (Å²) in [5, 5.41) is 3.52. The van der Waals surface area contributed by atoms with E-state index in [2.05, 4.69) is 5.32 Å². The number of halogens is 1. The fraction of sp³-hybridized carbons (Fsp3) is 0.120. The van der Waals surface area contributed by atoms with Gasteiger partial charge < -0.3 is 14.3 Å². The minimum Gasteiger partial charge on any atom is -0.463 e. The first-order valence-electron chi connectivity index (χ1n) is 9.81. The topological polar surface area (TPSA) is 64.2 Å². The molecule has 0 radical (unpaired) electrons. The summed E-state index contributed by atoms with van der Waals surface area (Å²) in [7, 11) is 0. The predicted molar refractivity (Wildman–Crippen MR) is 123 cm³/mol. The van der Waals surface area contributed by atoms with Crippen LogP contribution in [0.4, 0.5) is 5.69 Å². The van der Waals surface area contributed by atoms with Gasteiger partial charge in [0.05, 0.1) is 6.26 Å². The van der Waals surface area contributed by atoms with E-state index in [-0.39, 0.29) is 11.0 Å². The molecule has 1 amide bonds. The number of benzene rings is 2. The van der Waals surface area contributed by atoms with Crippen LogP contribution in [0.3, 0.4) is 0 Å². The molecule has 2 aromatic carbocycles. The number of nitrogens with zero attached hydrogens (tertiary/aromatic N) is 1. The van der Waals surface area contributed by atoms with E-state index >= 15 is 0 Å². The molecule has 1 N–H and O–H groups in total. The van der Waals surface area contributed by atoms with Gasteiger partial charge in [-0.15, -0.1) is 0 Å². The Bertz CT molecular complexity index is 1300. The Morgan fingerprint density at radius 2 is 1.65 bits per heavy atom. The number of hydrogen-bond donors (Lipinski definition) is 1. The Hall–Kier alpha value is -3.57. The summed E-state index contributed by atoms with van der Waals surface area (Å²) >= 11 is 6.06. The van der Waals surface area contributed by atoms with Crippen LogP contribution in [-0.4, -0.2) is 10.5 Å². The average molecular weight is 433 g/mol. The number of furan rings is 1. The van der Waals surface area contributed by atoms with Crippen molar-refractivity contribution >= 4 is 23.2 Å². The van der Waals surface area contributed by atoms with Crippen LogP contribution in [0.25, 0.3) is 17.1 Å². The van der Waals surface area contributed by atoms with E-state index in [1.165, 1.54) is 12.3 Å². The van der Waals surface area contributed by atoms with E-state index in [1.807, 2.05) is 55.7 Å². The van der Waals surface area contributed by atoms with Crippen LogP contribution in [0.15, 0.2) is 76.1 Å². The summed E-state index contributed by atoms with van der Waals surface area (Å²) < 4.78 is 7.47. The maximum absolute atomic E-state index is 13.4. The number of pyridine rings is 1. The normalized spacial score (nSPS) is 10.8. The van der Waals surface area contributed by atoms with Gasteiger partial charge in [0.1, 0.15) is 11.3 Å². The highest BCUT2D eigenvalue weighted by atomic mass is 35.5. The fourth-order valence-electron chi connectivity index (χ4n) is 3.71. The van der Waals surface area contributed by atoms with E-state index < -0.39 is 5.91 Å². The molecule has 31 heavy (non-hydrogen) atoms. The van der Waals surface area contributed by atoms with Crippen LogP contribution in [0.1, 0.15) is 27.2 Å². The molecule has 4 aromatic rings. The summed E-state index contributed by atoms with van der Waals surface area (Å²) in [5.74, 6) is -0.0704. The summed E-state index contributed by atoms with van der Waals surface area (Å²) in [6.45, 7) is 5.64. The van der Waals surface area contributed by atoms with Crippen molar-refractivity contribution in [3.63, 3.8) is 0 Å². The molecule has 0 saturated carbocycles. The van der Waals surface area contributed by atoms with Crippen LogP contribution in [0, 0.1) is 20.8 Å². The number of rotatable bonds is 4. The molecule has 6 heteroatoms. The van der Waals surface area contributed by atoms with Crippen molar-refractivity contribution < 1.29 is 9.21 Å². The van der Waals surface area contributed by atoms with Crippen molar-refractivity contribution in [1.82, 2.24) is 4.57 Å². The number of para-hydroxylation sites is 1. The van der Waals surface area contributed by atoms with Crippen molar-refractivity contribution in [3.05, 3.63) is 105 Å². The zero-order valence-electron chi connectivity index (χ0n) is 17.4. The third-order valence-electron chi connectivity index (χ3n) is 5.19. The van der Waals surface area contributed by atoms with Crippen molar-refractivity contribution in [3.8, 4) is 17.1 Å². The minimum absolute atomic E-state index is 0.0122. The van der Waals surface area contributed by atoms with Crippen molar-refractivity contribution in [2.24, 2.45) is 0 Å². The summed E-state index contributed by atoms with van der Waals surface area (Å²) in [6.07, 6.45) is 1.52. The molecule has 0 aliphatic heterocycles. The standard InChI is InChI=1S/C25H21ClN2O3/c1-15-6-4-7-16(2)23(15)27-25(30)22-20(29)14-17(3)28(19-11-9-18(26)10-12-19)24(22)21-8-5-13-31-21/h4-14H,1-3H3,(H,27,30). The Kier molecular flexibility index (Phi) is 5.53. The maximum Gasteiger partial charge on any atom is 0.261 e. The third-order valence-corrected chi connectivity index (χ3v) is 5.44. The van der Waals surface area contributed by atoms with Crippen LogP contribution in [0.2, 0.25) is 5.02 Å². The number of aryl methyl sites for hydroxylation is 3. The molecular weight excluding hydrogens is 412 g/mol. The molecule has 0 spiro atoms. The first kappa shape index (κ1) is 20.7. The molecule has 0 unspecified atom stereocenters. The molecule has 5 nitrogen and oxygen atoms in total. The van der Waals surface area contributed by atoms with Gasteiger partial charge in [-0.3, -0.25) is 9.59 Å². The highest BCUT2D eigenvalue weighted by molar-refractivity contribution is 6.30. The van der Waals surface area contributed by atoms with E-state index in [0.29, 0.717) is 27.9 Å². The third kappa shape index (κ3) is 3.92. The van der Waals surface area contributed by atoms with Gasteiger partial charge >= 0.3 is 0 Å². The lowest BCUT2D eigenvalue weighted by Gasteiger charge is -2.19. The number of carbonyl (C=O) groups is 1. The Labute approximate surface area is 184 Å². The largest absolute Gasteiger partial charge is 0.463 e. The lowest BCUT2D eigenvalue weighted by molar-refractivity contribution is 0.102. The predicted octanol–water partition coefficient (Wildman–Crippen LogP) is 5.93. The number of amides is 1. The maximum atomic E-state index is 13.4. The van der Waals surface area contributed by atoms with Gasteiger partial charge in [0.15, 0.2) is 11.2 Å². The van der Waals surface area contributed by atoms with Gasteiger partial charge in [-0.25, -0.2) is 0 Å². The van der Waals surface area contributed by atoms with Gasteiger partial charge in [-0.1, -0.05) is 29.8 Å². The van der Waals surface area contributed by atoms with Crippen LogP contribution in [0.5, 0.6) is 0 Å². The summed E-state index contributed by atoms with van der Waals surface area (Å²) in [6, 6.07) is 17.9. The smallest absolute Gasteiger partial charge is 0.261 e. The first-order chi connectivity index (χ1) is 14.9. The SMILES string of the molecule is Cc1cccc(C)c1NC(=O)c1c(-c2ccco2)n(-c2ccc(Cl)cc2)c(C)cc1=O. The van der Waals surface area contributed by atoms with Crippen molar-refractivity contribution in [2.75, 3.05) is 5.32 Å². The number of carbonyl (C=O) groups excluding carboxylic acids is 1. The molecule has 4 rings (SSSR count). The van der Waals surface area contributed by atoms with E-state index in [0.717, 1.165) is 16.8 Å². The molecule has 0 saturated heterocycles.